The molecule has 6 rings (SSSR count). The van der Waals surface area contributed by atoms with Crippen LogP contribution in [0.3, 0.4) is 0 Å². The van der Waals surface area contributed by atoms with Gasteiger partial charge in [-0.15, -0.1) is 0 Å². The molecule has 11 nitrogen and oxygen atoms in total. The number of aromatic nitrogens is 1. The predicted molar refractivity (Wildman–Crippen MR) is 194 cm³/mol. The monoisotopic (exact) mass is 720 g/mol. The smallest absolute Gasteiger partial charge is 0.418 e. The molecule has 2 saturated heterocycles. The van der Waals surface area contributed by atoms with E-state index in [1.807, 2.05) is 0 Å². The van der Waals surface area contributed by atoms with E-state index in [9.17, 15) is 22.8 Å². The number of nitrogens with zero attached hydrogens (tertiary/aromatic N) is 3. The van der Waals surface area contributed by atoms with Crippen LogP contribution in [-0.4, -0.2) is 74.8 Å². The van der Waals surface area contributed by atoms with Crippen molar-refractivity contribution in [2.45, 2.75) is 44.8 Å². The maximum atomic E-state index is 14.3. The molecule has 276 valence electrons. The first-order chi connectivity index (χ1) is 25.0. The number of likely N-dealkylation sites (tertiary alicyclic amines) is 1. The van der Waals surface area contributed by atoms with E-state index in [4.69, 9.17) is 14.2 Å². The Hall–Kier alpha value is -5.24. The highest BCUT2D eigenvalue weighted by Gasteiger charge is 2.36. The van der Waals surface area contributed by atoms with Gasteiger partial charge in [0.1, 0.15) is 11.5 Å². The second-order valence-corrected chi connectivity index (χ2v) is 13.0. The Morgan fingerprint density at radius 1 is 0.846 bits per heavy atom. The van der Waals surface area contributed by atoms with Crippen LogP contribution in [-0.2, 0) is 11.0 Å². The number of anilines is 3. The van der Waals surface area contributed by atoms with Crippen LogP contribution in [0.5, 0.6) is 23.0 Å². The lowest BCUT2D eigenvalue weighted by Gasteiger charge is -2.36. The molecule has 0 unspecified atom stereocenters. The molecule has 0 radical (unpaired) electrons. The summed E-state index contributed by atoms with van der Waals surface area (Å²) in [5.74, 6) is 1.95. The van der Waals surface area contributed by atoms with E-state index < -0.39 is 17.8 Å². The van der Waals surface area contributed by atoms with Gasteiger partial charge in [0.25, 0.3) is 0 Å². The fraction of sp³-hybridized carbons (Fsp3) is 0.395. The van der Waals surface area contributed by atoms with Gasteiger partial charge < -0.3 is 40.0 Å². The van der Waals surface area contributed by atoms with Crippen molar-refractivity contribution in [3.05, 3.63) is 72.4 Å². The van der Waals surface area contributed by atoms with Crippen LogP contribution in [0.4, 0.5) is 35.0 Å². The summed E-state index contributed by atoms with van der Waals surface area (Å²) in [6.45, 7) is 5.62. The number of ether oxygens (including phenoxy) is 3. The molecule has 4 aromatic rings. The van der Waals surface area contributed by atoms with E-state index in [2.05, 4.69) is 32.8 Å². The fourth-order valence-corrected chi connectivity index (χ4v) is 6.81. The number of fused-ring (bicyclic) bond motifs is 1. The number of rotatable bonds is 10. The Bertz CT molecular complexity index is 1890. The predicted octanol–water partition coefficient (Wildman–Crippen LogP) is 7.52. The lowest BCUT2D eigenvalue weighted by molar-refractivity contribution is -0.137. The standard InChI is InChI=1S/C38H43F3N6O5/c1-4-46-16-11-24(12-17-46)36(48)43-25-13-18-47(19-14-25)32-9-8-27(21-30(32)38(39,40)41)45-37(49)44-26-6-5-7-28(20-26)52-33-10-15-42-31-23-35(51-3)34(50-2)22-29(31)33/h5-10,15,20-25H,4,11-14,16-19H2,1-3H3,(H,43,48)(H2,44,45,49). The molecule has 3 heterocycles. The van der Waals surface area contributed by atoms with Gasteiger partial charge in [0.2, 0.25) is 5.91 Å². The largest absolute Gasteiger partial charge is 0.493 e. The molecule has 0 saturated carbocycles. The number of carbonyl (C=O) groups is 2. The van der Waals surface area contributed by atoms with Crippen molar-refractivity contribution in [2.75, 3.05) is 62.5 Å². The maximum absolute atomic E-state index is 14.3. The van der Waals surface area contributed by atoms with E-state index in [0.29, 0.717) is 65.5 Å². The molecule has 0 aliphatic carbocycles. The lowest BCUT2D eigenvalue weighted by atomic mass is 9.94. The molecule has 2 aliphatic heterocycles. The SMILES string of the molecule is CCN1CCC(C(=O)NC2CCN(c3ccc(NC(=O)Nc4cccc(Oc5ccnc6cc(OC)c(OC)cc56)c4)cc3C(F)(F)F)CC2)CC1. The van der Waals surface area contributed by atoms with Gasteiger partial charge in [-0.25, -0.2) is 4.79 Å². The zero-order valence-corrected chi connectivity index (χ0v) is 29.4. The van der Waals surface area contributed by atoms with E-state index in [1.54, 1.807) is 53.6 Å². The highest BCUT2D eigenvalue weighted by molar-refractivity contribution is 6.00. The van der Waals surface area contributed by atoms with Crippen molar-refractivity contribution < 1.29 is 37.0 Å². The third kappa shape index (κ3) is 8.61. The Morgan fingerprint density at radius 3 is 2.21 bits per heavy atom. The molecular formula is C38H43F3N6O5. The third-order valence-corrected chi connectivity index (χ3v) is 9.67. The number of halogens is 3. The Morgan fingerprint density at radius 2 is 1.54 bits per heavy atom. The van der Waals surface area contributed by atoms with E-state index >= 15 is 0 Å². The van der Waals surface area contributed by atoms with Gasteiger partial charge in [0, 0.05) is 65.8 Å². The highest BCUT2D eigenvalue weighted by Crippen LogP contribution is 2.40. The van der Waals surface area contributed by atoms with Crippen molar-refractivity contribution in [3.63, 3.8) is 0 Å². The van der Waals surface area contributed by atoms with Crippen molar-refractivity contribution in [3.8, 4) is 23.0 Å². The highest BCUT2D eigenvalue weighted by atomic mass is 19.4. The minimum absolute atomic E-state index is 0.00937. The van der Waals surface area contributed by atoms with Crippen LogP contribution in [0.25, 0.3) is 10.9 Å². The first-order valence-electron chi connectivity index (χ1n) is 17.4. The fourth-order valence-electron chi connectivity index (χ4n) is 6.81. The van der Waals surface area contributed by atoms with Gasteiger partial charge in [-0.3, -0.25) is 9.78 Å². The van der Waals surface area contributed by atoms with Crippen LogP contribution in [0.2, 0.25) is 0 Å². The van der Waals surface area contributed by atoms with Crippen LogP contribution in [0.15, 0.2) is 66.9 Å². The molecule has 0 atom stereocenters. The van der Waals surface area contributed by atoms with E-state index in [-0.39, 0.29) is 29.2 Å². The molecule has 0 bridgehead atoms. The summed E-state index contributed by atoms with van der Waals surface area (Å²) < 4.78 is 59.9. The molecule has 0 spiro atoms. The number of benzene rings is 3. The molecule has 2 aliphatic rings. The average Bonchev–Trinajstić information content (AvgIpc) is 3.14. The number of urea groups is 1. The van der Waals surface area contributed by atoms with Gasteiger partial charge in [0.15, 0.2) is 11.5 Å². The third-order valence-electron chi connectivity index (χ3n) is 9.67. The second-order valence-electron chi connectivity index (χ2n) is 13.0. The second kappa shape index (κ2) is 16.0. The van der Waals surface area contributed by atoms with Crippen LogP contribution < -0.4 is 35.1 Å². The van der Waals surface area contributed by atoms with E-state index in [1.165, 1.54) is 26.4 Å². The molecule has 14 heteroatoms. The molecule has 52 heavy (non-hydrogen) atoms. The molecular weight excluding hydrogens is 677 g/mol. The summed E-state index contributed by atoms with van der Waals surface area (Å²) in [5, 5.41) is 9.00. The van der Waals surface area contributed by atoms with Gasteiger partial charge in [0.05, 0.1) is 25.3 Å². The van der Waals surface area contributed by atoms with Crippen LogP contribution >= 0.6 is 0 Å². The zero-order chi connectivity index (χ0) is 36.8. The summed E-state index contributed by atoms with van der Waals surface area (Å²) in [5.41, 5.74) is 0.177. The first kappa shape index (κ1) is 36.5. The number of pyridine rings is 1. The van der Waals surface area contributed by atoms with Crippen LogP contribution in [0.1, 0.15) is 38.2 Å². The van der Waals surface area contributed by atoms with Gasteiger partial charge in [-0.05, 0) is 87.8 Å². The number of alkyl halides is 3. The number of methoxy groups -OCH3 is 2. The number of hydrogen-bond donors (Lipinski definition) is 3. The molecule has 3 amide bonds. The summed E-state index contributed by atoms with van der Waals surface area (Å²) in [6, 6.07) is 14.8. The Balaban J connectivity index is 1.07. The van der Waals surface area contributed by atoms with Gasteiger partial charge >= 0.3 is 12.2 Å². The first-order valence-corrected chi connectivity index (χ1v) is 17.4. The van der Waals surface area contributed by atoms with Crippen LogP contribution in [0, 0.1) is 5.92 Å². The normalized spacial score (nSPS) is 16.0. The molecule has 3 aromatic carbocycles. The quantitative estimate of drug-likeness (QED) is 0.154. The number of nitrogens with one attached hydrogen (secondary N) is 3. The lowest BCUT2D eigenvalue weighted by Crippen LogP contribution is -2.48. The zero-order valence-electron chi connectivity index (χ0n) is 29.4. The number of hydrogen-bond acceptors (Lipinski definition) is 8. The minimum Gasteiger partial charge on any atom is -0.493 e. The minimum atomic E-state index is -4.65. The number of piperidine rings is 2. The summed E-state index contributed by atoms with van der Waals surface area (Å²) in [6.07, 6.45) is -0.322. The molecule has 1 aromatic heterocycles. The average molecular weight is 721 g/mol. The maximum Gasteiger partial charge on any atom is 0.418 e. The summed E-state index contributed by atoms with van der Waals surface area (Å²) >= 11 is 0. The van der Waals surface area contributed by atoms with Gasteiger partial charge in [-0.1, -0.05) is 13.0 Å². The van der Waals surface area contributed by atoms with Crippen molar-refractivity contribution in [2.24, 2.45) is 5.92 Å². The van der Waals surface area contributed by atoms with Crippen molar-refractivity contribution in [1.82, 2.24) is 15.2 Å². The molecule has 2 fully saturated rings. The van der Waals surface area contributed by atoms with E-state index in [0.717, 1.165) is 38.5 Å². The van der Waals surface area contributed by atoms with Crippen molar-refractivity contribution in [1.29, 1.82) is 0 Å². The number of carbonyl (C=O) groups excluding carboxylic acids is 2. The summed E-state index contributed by atoms with van der Waals surface area (Å²) in [7, 11) is 3.07. The number of amides is 3. The Kier molecular flexibility index (Phi) is 11.2. The Labute approximate surface area is 300 Å². The van der Waals surface area contributed by atoms with Crippen molar-refractivity contribution >= 4 is 39.9 Å². The van der Waals surface area contributed by atoms with Gasteiger partial charge in [-0.2, -0.15) is 13.2 Å². The molecule has 3 N–H and O–H groups in total. The topological polar surface area (TPSA) is 117 Å². The summed E-state index contributed by atoms with van der Waals surface area (Å²) in [4.78, 5) is 34.2.